The molecule has 1 aromatic carbocycles. The van der Waals surface area contributed by atoms with E-state index in [0.717, 1.165) is 23.4 Å². The Hall–Kier alpha value is -1.71. The molecule has 0 radical (unpaired) electrons. The van der Waals surface area contributed by atoms with Gasteiger partial charge in [-0.3, -0.25) is 4.79 Å². The van der Waals surface area contributed by atoms with Crippen LogP contribution in [0.3, 0.4) is 0 Å². The molecule has 0 saturated carbocycles. The molecular formula is C8H6N2O2. The zero-order valence-electron chi connectivity index (χ0n) is 6.13. The summed E-state index contributed by atoms with van der Waals surface area (Å²) in [5, 5.41) is 6.15. The molecule has 1 aromatic rings. The van der Waals surface area contributed by atoms with Gasteiger partial charge in [-0.25, -0.2) is 0 Å². The molecule has 4 heteroatoms. The van der Waals surface area contributed by atoms with Crippen molar-refractivity contribution in [2.75, 3.05) is 10.6 Å². The highest BCUT2D eigenvalue weighted by molar-refractivity contribution is 5.89. The van der Waals surface area contributed by atoms with Gasteiger partial charge in [0.2, 0.25) is 6.35 Å². The lowest BCUT2D eigenvalue weighted by Gasteiger charge is -2.13. The highest BCUT2D eigenvalue weighted by atomic mass is 16.5. The summed E-state index contributed by atoms with van der Waals surface area (Å²) >= 11 is 0. The maximum Gasteiger partial charge on any atom is 0.249 e. The summed E-state index contributed by atoms with van der Waals surface area (Å²) in [4.78, 5) is 10.5. The van der Waals surface area contributed by atoms with Crippen molar-refractivity contribution in [2.45, 2.75) is 6.35 Å². The topological polar surface area (TPSA) is 50.4 Å². The molecule has 2 aliphatic heterocycles. The van der Waals surface area contributed by atoms with Gasteiger partial charge in [-0.15, -0.1) is 0 Å². The average molecular weight is 162 g/mol. The number of hydrogen-bond donors (Lipinski definition) is 2. The summed E-state index contributed by atoms with van der Waals surface area (Å²) in [7, 11) is 0. The lowest BCUT2D eigenvalue weighted by atomic mass is 10.2. The first-order valence-electron chi connectivity index (χ1n) is 3.70. The molecule has 0 spiro atoms. The van der Waals surface area contributed by atoms with Crippen LogP contribution in [0.2, 0.25) is 0 Å². The van der Waals surface area contributed by atoms with Gasteiger partial charge in [-0.2, -0.15) is 0 Å². The first-order chi connectivity index (χ1) is 5.86. The number of carbonyl (C=O) groups is 1. The van der Waals surface area contributed by atoms with E-state index in [1.807, 2.05) is 0 Å². The van der Waals surface area contributed by atoms with Crippen molar-refractivity contribution in [1.29, 1.82) is 0 Å². The second-order valence-electron chi connectivity index (χ2n) is 2.85. The average Bonchev–Trinajstić information content (AvgIpc) is 2.59. The molecule has 12 heavy (non-hydrogen) atoms. The third-order valence-corrected chi connectivity index (χ3v) is 2.07. The standard InChI is InChI=1S/C8H6N2O2/c11-3-4-1-5-7-6(2-4)12-8(9-5)10-7/h1-3,8-10H. The van der Waals surface area contributed by atoms with Crippen molar-refractivity contribution < 1.29 is 9.53 Å². The molecule has 3 rings (SSSR count). The van der Waals surface area contributed by atoms with Gasteiger partial charge >= 0.3 is 0 Å². The Balaban J connectivity index is 2.28. The number of anilines is 2. The van der Waals surface area contributed by atoms with Crippen molar-refractivity contribution in [3.63, 3.8) is 0 Å². The van der Waals surface area contributed by atoms with Crippen LogP contribution in [0.4, 0.5) is 11.4 Å². The van der Waals surface area contributed by atoms with Crippen molar-refractivity contribution in [2.24, 2.45) is 0 Å². The Bertz CT molecular complexity index is 348. The molecule has 0 fully saturated rings. The lowest BCUT2D eigenvalue weighted by molar-refractivity contribution is 0.112. The van der Waals surface area contributed by atoms with Crippen LogP contribution in [0.25, 0.3) is 0 Å². The van der Waals surface area contributed by atoms with E-state index in [4.69, 9.17) is 4.74 Å². The van der Waals surface area contributed by atoms with Gasteiger partial charge in [0.15, 0.2) is 0 Å². The van der Waals surface area contributed by atoms with Gasteiger partial charge in [0.1, 0.15) is 17.7 Å². The highest BCUT2D eigenvalue weighted by Crippen LogP contribution is 2.44. The number of aldehydes is 1. The number of carbonyl (C=O) groups excluding carboxylic acids is 1. The summed E-state index contributed by atoms with van der Waals surface area (Å²) < 4.78 is 5.34. The quantitative estimate of drug-likeness (QED) is 0.605. The third kappa shape index (κ3) is 0.550. The fourth-order valence-electron chi connectivity index (χ4n) is 1.55. The highest BCUT2D eigenvalue weighted by Gasteiger charge is 2.32. The molecule has 0 aliphatic carbocycles. The van der Waals surface area contributed by atoms with Crippen LogP contribution in [0.5, 0.6) is 5.75 Å². The molecule has 2 N–H and O–H groups in total. The number of hydrogen-bond acceptors (Lipinski definition) is 4. The molecule has 2 bridgehead atoms. The molecule has 4 nitrogen and oxygen atoms in total. The smallest absolute Gasteiger partial charge is 0.249 e. The van der Waals surface area contributed by atoms with Crippen molar-refractivity contribution in [1.82, 2.24) is 0 Å². The molecule has 1 atom stereocenters. The zero-order valence-corrected chi connectivity index (χ0v) is 6.13. The van der Waals surface area contributed by atoms with Crippen LogP contribution in [-0.2, 0) is 0 Å². The number of ether oxygens (including phenoxy) is 1. The molecule has 2 aliphatic rings. The fourth-order valence-corrected chi connectivity index (χ4v) is 1.55. The van der Waals surface area contributed by atoms with E-state index >= 15 is 0 Å². The zero-order chi connectivity index (χ0) is 8.13. The lowest BCUT2D eigenvalue weighted by Crippen LogP contribution is -2.25. The Kier molecular flexibility index (Phi) is 0.841. The predicted octanol–water partition coefficient (Wildman–Crippen LogP) is 1.01. The maximum absolute atomic E-state index is 10.5. The van der Waals surface area contributed by atoms with E-state index in [2.05, 4.69) is 10.6 Å². The van der Waals surface area contributed by atoms with E-state index < -0.39 is 0 Å². The third-order valence-electron chi connectivity index (χ3n) is 2.07. The predicted molar refractivity (Wildman–Crippen MR) is 43.5 cm³/mol. The van der Waals surface area contributed by atoms with E-state index in [1.165, 1.54) is 0 Å². The summed E-state index contributed by atoms with van der Waals surface area (Å²) in [5.74, 6) is 0.762. The Labute approximate surface area is 68.5 Å². The van der Waals surface area contributed by atoms with Crippen LogP contribution < -0.4 is 15.4 Å². The normalized spacial score (nSPS) is 21.2. The van der Waals surface area contributed by atoms with Gasteiger partial charge in [0.25, 0.3) is 0 Å². The van der Waals surface area contributed by atoms with Gasteiger partial charge in [-0.1, -0.05) is 0 Å². The van der Waals surface area contributed by atoms with Gasteiger partial charge in [0.05, 0.1) is 5.69 Å². The van der Waals surface area contributed by atoms with Gasteiger partial charge < -0.3 is 15.4 Å². The summed E-state index contributed by atoms with van der Waals surface area (Å²) in [6.45, 7) is 0. The van der Waals surface area contributed by atoms with Crippen LogP contribution in [0.1, 0.15) is 10.4 Å². The van der Waals surface area contributed by atoms with Crippen LogP contribution in [0, 0.1) is 0 Å². The molecule has 1 unspecified atom stereocenters. The minimum absolute atomic E-state index is 0.134. The first kappa shape index (κ1) is 5.88. The summed E-state index contributed by atoms with van der Waals surface area (Å²) in [6.07, 6.45) is 0.679. The number of nitrogens with one attached hydrogen (secondary N) is 2. The van der Waals surface area contributed by atoms with E-state index in [9.17, 15) is 4.79 Å². The molecule has 0 amide bonds. The molecular weight excluding hydrogens is 156 g/mol. The fraction of sp³-hybridized carbons (Fsp3) is 0.125. The molecule has 0 aromatic heterocycles. The Morgan fingerprint density at radius 3 is 3.00 bits per heavy atom. The van der Waals surface area contributed by atoms with E-state index in [-0.39, 0.29) is 6.35 Å². The van der Waals surface area contributed by atoms with Gasteiger partial charge in [-0.05, 0) is 12.1 Å². The second-order valence-corrected chi connectivity index (χ2v) is 2.85. The maximum atomic E-state index is 10.5. The van der Waals surface area contributed by atoms with Crippen LogP contribution >= 0.6 is 0 Å². The molecule has 60 valence electrons. The van der Waals surface area contributed by atoms with E-state index in [0.29, 0.717) is 5.56 Å². The minimum Gasteiger partial charge on any atom is -0.450 e. The number of fused-ring (bicyclic) bond motifs is 1. The largest absolute Gasteiger partial charge is 0.450 e. The Morgan fingerprint density at radius 1 is 1.42 bits per heavy atom. The van der Waals surface area contributed by atoms with Crippen LogP contribution in [-0.4, -0.2) is 12.6 Å². The second kappa shape index (κ2) is 1.72. The summed E-state index contributed by atoms with van der Waals surface area (Å²) in [6, 6.07) is 3.54. The van der Waals surface area contributed by atoms with Crippen molar-refractivity contribution >= 4 is 17.7 Å². The van der Waals surface area contributed by atoms with E-state index in [1.54, 1.807) is 12.1 Å². The minimum atomic E-state index is -0.134. The first-order valence-corrected chi connectivity index (χ1v) is 3.70. The summed E-state index contributed by atoms with van der Waals surface area (Å²) in [5.41, 5.74) is 2.55. The van der Waals surface area contributed by atoms with Crippen molar-refractivity contribution in [3.05, 3.63) is 17.7 Å². The SMILES string of the molecule is O=Cc1cc2c3c(c1)OC(N2)N3. The Morgan fingerprint density at radius 2 is 2.33 bits per heavy atom. The number of rotatable bonds is 1. The van der Waals surface area contributed by atoms with Crippen molar-refractivity contribution in [3.8, 4) is 5.75 Å². The molecule has 2 heterocycles. The number of benzene rings is 1. The molecule has 0 saturated heterocycles. The van der Waals surface area contributed by atoms with Crippen LogP contribution in [0.15, 0.2) is 12.1 Å². The monoisotopic (exact) mass is 162 g/mol. The van der Waals surface area contributed by atoms with Gasteiger partial charge in [0, 0.05) is 5.56 Å².